The van der Waals surface area contributed by atoms with E-state index in [4.69, 9.17) is 11.6 Å². The van der Waals surface area contributed by atoms with Crippen molar-refractivity contribution in [1.29, 1.82) is 0 Å². The summed E-state index contributed by atoms with van der Waals surface area (Å²) in [5.74, 6) is 0.969. The summed E-state index contributed by atoms with van der Waals surface area (Å²) in [5, 5.41) is 2.76. The Bertz CT molecular complexity index is 116. The van der Waals surface area contributed by atoms with E-state index >= 15 is 0 Å². The number of nitrogens with one attached hydrogen (secondary N) is 1. The molecule has 0 aromatic carbocycles. The van der Waals surface area contributed by atoms with Crippen molar-refractivity contribution >= 4 is 17.5 Å². The molecule has 0 bridgehead atoms. The molecule has 1 N–H and O–H groups in total. The van der Waals surface area contributed by atoms with E-state index < -0.39 is 0 Å². The third-order valence-electron chi connectivity index (χ3n) is 1.62. The van der Waals surface area contributed by atoms with Crippen LogP contribution >= 0.6 is 11.6 Å². The SMILES string of the molecule is O=C1NCC[C@@H]1CCCl. The van der Waals surface area contributed by atoms with Gasteiger partial charge in [-0.05, 0) is 12.8 Å². The van der Waals surface area contributed by atoms with E-state index in [2.05, 4.69) is 5.32 Å². The second-order valence-electron chi connectivity index (χ2n) is 2.25. The Morgan fingerprint density at radius 2 is 2.56 bits per heavy atom. The van der Waals surface area contributed by atoms with Gasteiger partial charge >= 0.3 is 0 Å². The molecule has 1 saturated heterocycles. The topological polar surface area (TPSA) is 29.1 Å². The van der Waals surface area contributed by atoms with E-state index in [-0.39, 0.29) is 11.8 Å². The first kappa shape index (κ1) is 6.87. The number of hydrogen-bond acceptors (Lipinski definition) is 1. The van der Waals surface area contributed by atoms with Crippen LogP contribution in [0, 0.1) is 5.92 Å². The minimum atomic E-state index is 0.177. The van der Waals surface area contributed by atoms with E-state index in [1.807, 2.05) is 0 Å². The first-order valence-electron chi connectivity index (χ1n) is 3.18. The van der Waals surface area contributed by atoms with Crippen LogP contribution in [-0.2, 0) is 4.79 Å². The fourth-order valence-corrected chi connectivity index (χ4v) is 1.32. The summed E-state index contributed by atoms with van der Waals surface area (Å²) < 4.78 is 0. The van der Waals surface area contributed by atoms with Gasteiger partial charge in [-0.3, -0.25) is 4.79 Å². The Kier molecular flexibility index (Phi) is 2.34. The number of rotatable bonds is 2. The molecule has 1 fully saturated rings. The molecule has 2 nitrogen and oxygen atoms in total. The normalized spacial score (nSPS) is 26.3. The van der Waals surface area contributed by atoms with Crippen LogP contribution in [0.25, 0.3) is 0 Å². The number of carbonyl (C=O) groups is 1. The van der Waals surface area contributed by atoms with Crippen molar-refractivity contribution in [2.24, 2.45) is 5.92 Å². The molecule has 3 heteroatoms. The predicted octanol–water partition coefficient (Wildman–Crippen LogP) is 0.751. The monoisotopic (exact) mass is 147 g/mol. The van der Waals surface area contributed by atoms with E-state index in [9.17, 15) is 4.79 Å². The lowest BCUT2D eigenvalue weighted by Crippen LogP contribution is -2.19. The molecule has 0 aromatic rings. The van der Waals surface area contributed by atoms with Crippen molar-refractivity contribution in [2.45, 2.75) is 12.8 Å². The maximum absolute atomic E-state index is 10.8. The highest BCUT2D eigenvalue weighted by molar-refractivity contribution is 6.18. The summed E-state index contributed by atoms with van der Waals surface area (Å²) in [6.45, 7) is 0.834. The smallest absolute Gasteiger partial charge is 0.223 e. The molecule has 0 spiro atoms. The molecule has 1 atom stereocenters. The van der Waals surface area contributed by atoms with Crippen LogP contribution < -0.4 is 5.32 Å². The van der Waals surface area contributed by atoms with Crippen LogP contribution in [0.4, 0.5) is 0 Å². The van der Waals surface area contributed by atoms with Crippen molar-refractivity contribution < 1.29 is 4.79 Å². The van der Waals surface area contributed by atoms with Gasteiger partial charge in [-0.2, -0.15) is 0 Å². The molecular weight excluding hydrogens is 138 g/mol. The van der Waals surface area contributed by atoms with Gasteiger partial charge in [-0.15, -0.1) is 11.6 Å². The molecule has 0 aliphatic carbocycles. The number of amides is 1. The standard InChI is InChI=1S/C6H10ClNO/c7-3-1-5-2-4-8-6(5)9/h5H,1-4H2,(H,8,9)/t5-/m0/s1. The van der Waals surface area contributed by atoms with Crippen LogP contribution in [0.3, 0.4) is 0 Å². The van der Waals surface area contributed by atoms with Gasteiger partial charge in [0.25, 0.3) is 0 Å². The van der Waals surface area contributed by atoms with Crippen molar-refractivity contribution in [3.05, 3.63) is 0 Å². The number of halogens is 1. The molecule has 52 valence electrons. The fourth-order valence-electron chi connectivity index (χ4n) is 1.05. The predicted molar refractivity (Wildman–Crippen MR) is 36.5 cm³/mol. The lowest BCUT2D eigenvalue weighted by Gasteiger charge is -2.00. The van der Waals surface area contributed by atoms with Gasteiger partial charge < -0.3 is 5.32 Å². The number of carbonyl (C=O) groups excluding carboxylic acids is 1. The van der Waals surface area contributed by atoms with Gasteiger partial charge in [0.15, 0.2) is 0 Å². The van der Waals surface area contributed by atoms with Gasteiger partial charge in [0.2, 0.25) is 5.91 Å². The zero-order valence-electron chi connectivity index (χ0n) is 5.19. The van der Waals surface area contributed by atoms with Crippen LogP contribution in [0.2, 0.25) is 0 Å². The molecule has 1 amide bonds. The summed E-state index contributed by atoms with van der Waals surface area (Å²) in [5.41, 5.74) is 0. The van der Waals surface area contributed by atoms with Gasteiger partial charge in [0.1, 0.15) is 0 Å². The Labute approximate surface area is 59.6 Å². The Morgan fingerprint density at radius 3 is 3.00 bits per heavy atom. The first-order chi connectivity index (χ1) is 4.34. The van der Waals surface area contributed by atoms with Crippen LogP contribution in [-0.4, -0.2) is 18.3 Å². The van der Waals surface area contributed by atoms with E-state index in [0.29, 0.717) is 5.88 Å². The Morgan fingerprint density at radius 1 is 1.78 bits per heavy atom. The van der Waals surface area contributed by atoms with E-state index in [0.717, 1.165) is 19.4 Å². The second-order valence-corrected chi connectivity index (χ2v) is 2.63. The van der Waals surface area contributed by atoms with Crippen LogP contribution in [0.15, 0.2) is 0 Å². The quantitative estimate of drug-likeness (QED) is 0.574. The zero-order valence-corrected chi connectivity index (χ0v) is 5.95. The van der Waals surface area contributed by atoms with Gasteiger partial charge in [0, 0.05) is 18.3 Å². The lowest BCUT2D eigenvalue weighted by molar-refractivity contribution is -0.122. The third kappa shape index (κ3) is 1.58. The molecule has 0 unspecified atom stereocenters. The highest BCUT2D eigenvalue weighted by Gasteiger charge is 2.22. The molecule has 0 saturated carbocycles. The van der Waals surface area contributed by atoms with Crippen molar-refractivity contribution in [3.63, 3.8) is 0 Å². The molecule has 1 aliphatic rings. The second kappa shape index (κ2) is 3.06. The lowest BCUT2D eigenvalue weighted by atomic mass is 10.1. The summed E-state index contributed by atoms with van der Waals surface area (Å²) in [7, 11) is 0. The van der Waals surface area contributed by atoms with Crippen LogP contribution in [0.1, 0.15) is 12.8 Å². The van der Waals surface area contributed by atoms with Crippen LogP contribution in [0.5, 0.6) is 0 Å². The molecule has 0 aromatic heterocycles. The molecule has 1 rings (SSSR count). The molecular formula is C6H10ClNO. The van der Waals surface area contributed by atoms with Gasteiger partial charge in [-0.25, -0.2) is 0 Å². The van der Waals surface area contributed by atoms with Crippen molar-refractivity contribution in [2.75, 3.05) is 12.4 Å². The maximum Gasteiger partial charge on any atom is 0.223 e. The van der Waals surface area contributed by atoms with Crippen molar-refractivity contribution in [1.82, 2.24) is 5.32 Å². The summed E-state index contributed by atoms with van der Waals surface area (Å²) in [6.07, 6.45) is 1.79. The molecule has 0 radical (unpaired) electrons. The maximum atomic E-state index is 10.8. The first-order valence-corrected chi connectivity index (χ1v) is 3.71. The Hall–Kier alpha value is -0.240. The molecule has 1 heterocycles. The minimum Gasteiger partial charge on any atom is -0.356 e. The number of hydrogen-bond donors (Lipinski definition) is 1. The van der Waals surface area contributed by atoms with E-state index in [1.165, 1.54) is 0 Å². The third-order valence-corrected chi connectivity index (χ3v) is 1.84. The highest BCUT2D eigenvalue weighted by Crippen LogP contribution is 2.13. The summed E-state index contributed by atoms with van der Waals surface area (Å²) in [6, 6.07) is 0. The fraction of sp³-hybridized carbons (Fsp3) is 0.833. The van der Waals surface area contributed by atoms with Gasteiger partial charge in [-0.1, -0.05) is 0 Å². The minimum absolute atomic E-state index is 0.177. The van der Waals surface area contributed by atoms with E-state index in [1.54, 1.807) is 0 Å². The zero-order chi connectivity index (χ0) is 6.69. The highest BCUT2D eigenvalue weighted by atomic mass is 35.5. The number of alkyl halides is 1. The summed E-state index contributed by atoms with van der Waals surface area (Å²) >= 11 is 5.47. The Balaban J connectivity index is 2.31. The van der Waals surface area contributed by atoms with Gasteiger partial charge in [0.05, 0.1) is 0 Å². The summed E-state index contributed by atoms with van der Waals surface area (Å²) in [4.78, 5) is 10.8. The average Bonchev–Trinajstić information content (AvgIpc) is 2.18. The molecule has 9 heavy (non-hydrogen) atoms. The largest absolute Gasteiger partial charge is 0.356 e. The van der Waals surface area contributed by atoms with Crippen molar-refractivity contribution in [3.8, 4) is 0 Å². The average molecular weight is 148 g/mol. The molecule has 1 aliphatic heterocycles.